The van der Waals surface area contributed by atoms with Crippen LogP contribution in [0, 0.1) is 5.92 Å². The molecule has 1 unspecified atom stereocenters. The van der Waals surface area contributed by atoms with Gasteiger partial charge in [0.25, 0.3) is 0 Å². The summed E-state index contributed by atoms with van der Waals surface area (Å²) in [5.41, 5.74) is 0. The lowest BCUT2D eigenvalue weighted by Gasteiger charge is -2.22. The highest BCUT2D eigenvalue weighted by molar-refractivity contribution is 5.76. The molecule has 1 aliphatic carbocycles. The first kappa shape index (κ1) is 17.8. The number of urea groups is 1. The monoisotopic (exact) mass is 297 g/mol. The van der Waals surface area contributed by atoms with Gasteiger partial charge < -0.3 is 16.0 Å². The number of hydrogen-bond donors (Lipinski definition) is 3. The highest BCUT2D eigenvalue weighted by Crippen LogP contribution is 2.17. The maximum absolute atomic E-state index is 11.7. The Hall–Kier alpha value is -1.26. The SMILES string of the molecule is CC(C)C(C)NC(=O)CCCNC(=O)NC1CCCCC1. The number of carbonyl (C=O) groups excluding carboxylic acids is 2. The summed E-state index contributed by atoms with van der Waals surface area (Å²) in [5.74, 6) is 0.499. The van der Waals surface area contributed by atoms with Crippen molar-refractivity contribution in [2.75, 3.05) is 6.54 Å². The molecule has 0 aromatic carbocycles. The number of amides is 3. The Bertz CT molecular complexity index is 325. The Kier molecular flexibility index (Phi) is 8.16. The Morgan fingerprint density at radius 3 is 2.38 bits per heavy atom. The van der Waals surface area contributed by atoms with Crippen LogP contribution in [0.1, 0.15) is 65.7 Å². The van der Waals surface area contributed by atoms with Crippen LogP contribution in [0.4, 0.5) is 4.79 Å². The molecule has 1 aliphatic rings. The maximum atomic E-state index is 11.7. The van der Waals surface area contributed by atoms with Gasteiger partial charge in [0.05, 0.1) is 0 Å². The van der Waals surface area contributed by atoms with E-state index in [4.69, 9.17) is 0 Å². The zero-order chi connectivity index (χ0) is 15.7. The molecule has 3 amide bonds. The van der Waals surface area contributed by atoms with Crippen molar-refractivity contribution in [2.45, 2.75) is 77.8 Å². The number of hydrogen-bond acceptors (Lipinski definition) is 2. The van der Waals surface area contributed by atoms with Gasteiger partial charge in [-0.25, -0.2) is 4.79 Å². The molecule has 0 aliphatic heterocycles. The lowest BCUT2D eigenvalue weighted by Crippen LogP contribution is -2.43. The third-order valence-corrected chi connectivity index (χ3v) is 4.20. The summed E-state index contributed by atoms with van der Waals surface area (Å²) < 4.78 is 0. The van der Waals surface area contributed by atoms with Gasteiger partial charge in [-0.1, -0.05) is 33.1 Å². The first-order chi connectivity index (χ1) is 9.99. The minimum absolute atomic E-state index is 0.0608. The quantitative estimate of drug-likeness (QED) is 0.632. The molecule has 0 saturated heterocycles. The summed E-state index contributed by atoms with van der Waals surface area (Å²) in [6.45, 7) is 6.73. The molecule has 1 rings (SSSR count). The molecule has 122 valence electrons. The minimum Gasteiger partial charge on any atom is -0.353 e. The zero-order valence-electron chi connectivity index (χ0n) is 13.7. The molecule has 3 N–H and O–H groups in total. The summed E-state index contributed by atoms with van der Waals surface area (Å²) >= 11 is 0. The second kappa shape index (κ2) is 9.64. The first-order valence-electron chi connectivity index (χ1n) is 8.32. The van der Waals surface area contributed by atoms with Crippen molar-refractivity contribution in [2.24, 2.45) is 5.92 Å². The topological polar surface area (TPSA) is 70.2 Å². The van der Waals surface area contributed by atoms with Gasteiger partial charge in [-0.05, 0) is 32.1 Å². The highest BCUT2D eigenvalue weighted by atomic mass is 16.2. The van der Waals surface area contributed by atoms with Crippen LogP contribution in [-0.2, 0) is 4.79 Å². The summed E-state index contributed by atoms with van der Waals surface area (Å²) in [6.07, 6.45) is 7.00. The van der Waals surface area contributed by atoms with Crippen LogP contribution in [0.3, 0.4) is 0 Å². The van der Waals surface area contributed by atoms with Gasteiger partial charge >= 0.3 is 6.03 Å². The van der Waals surface area contributed by atoms with E-state index in [9.17, 15) is 9.59 Å². The molecule has 0 aromatic rings. The Morgan fingerprint density at radius 2 is 1.76 bits per heavy atom. The fourth-order valence-corrected chi connectivity index (χ4v) is 2.43. The lowest BCUT2D eigenvalue weighted by molar-refractivity contribution is -0.122. The normalized spacial score (nSPS) is 17.3. The highest BCUT2D eigenvalue weighted by Gasteiger charge is 2.15. The van der Waals surface area contributed by atoms with E-state index < -0.39 is 0 Å². The molecule has 5 nitrogen and oxygen atoms in total. The van der Waals surface area contributed by atoms with Gasteiger partial charge in [-0.15, -0.1) is 0 Å². The maximum Gasteiger partial charge on any atom is 0.315 e. The average Bonchev–Trinajstić information content (AvgIpc) is 2.44. The second-order valence-corrected chi connectivity index (χ2v) is 6.44. The molecule has 5 heteroatoms. The first-order valence-corrected chi connectivity index (χ1v) is 8.32. The van der Waals surface area contributed by atoms with Crippen molar-refractivity contribution in [1.29, 1.82) is 0 Å². The van der Waals surface area contributed by atoms with Crippen LogP contribution < -0.4 is 16.0 Å². The van der Waals surface area contributed by atoms with E-state index in [0.29, 0.717) is 31.3 Å². The van der Waals surface area contributed by atoms with E-state index >= 15 is 0 Å². The fraction of sp³-hybridized carbons (Fsp3) is 0.875. The molecule has 21 heavy (non-hydrogen) atoms. The second-order valence-electron chi connectivity index (χ2n) is 6.44. The fourth-order valence-electron chi connectivity index (χ4n) is 2.43. The number of carbonyl (C=O) groups is 2. The van der Waals surface area contributed by atoms with E-state index in [-0.39, 0.29) is 18.0 Å². The van der Waals surface area contributed by atoms with Crippen LogP contribution in [0.2, 0.25) is 0 Å². The van der Waals surface area contributed by atoms with Gasteiger partial charge in [-0.2, -0.15) is 0 Å². The van der Waals surface area contributed by atoms with Crippen molar-refractivity contribution < 1.29 is 9.59 Å². The van der Waals surface area contributed by atoms with Crippen LogP contribution in [-0.4, -0.2) is 30.6 Å². The molecule has 1 fully saturated rings. The molecule has 0 radical (unpaired) electrons. The predicted octanol–water partition coefficient (Wildman–Crippen LogP) is 2.56. The summed E-state index contributed by atoms with van der Waals surface area (Å²) in [5, 5.41) is 8.80. The van der Waals surface area contributed by atoms with Crippen molar-refractivity contribution >= 4 is 11.9 Å². The molecule has 0 aromatic heterocycles. The standard InChI is InChI=1S/C16H31N3O2/c1-12(2)13(3)18-15(20)10-7-11-17-16(21)19-14-8-5-4-6-9-14/h12-14H,4-11H2,1-3H3,(H,18,20)(H2,17,19,21). The Labute approximate surface area is 128 Å². The minimum atomic E-state index is -0.0992. The zero-order valence-corrected chi connectivity index (χ0v) is 13.7. The number of nitrogens with one attached hydrogen (secondary N) is 3. The van der Waals surface area contributed by atoms with Crippen molar-refractivity contribution in [3.8, 4) is 0 Å². The van der Waals surface area contributed by atoms with E-state index in [1.165, 1.54) is 19.3 Å². The third-order valence-electron chi connectivity index (χ3n) is 4.20. The summed E-state index contributed by atoms with van der Waals surface area (Å²) in [7, 11) is 0. The van der Waals surface area contributed by atoms with Gasteiger partial charge in [0.1, 0.15) is 0 Å². The lowest BCUT2D eigenvalue weighted by atomic mass is 9.96. The van der Waals surface area contributed by atoms with E-state index in [1.807, 2.05) is 6.92 Å². The van der Waals surface area contributed by atoms with Gasteiger partial charge in [-0.3, -0.25) is 4.79 Å². The van der Waals surface area contributed by atoms with E-state index in [0.717, 1.165) is 12.8 Å². The van der Waals surface area contributed by atoms with Gasteiger partial charge in [0.15, 0.2) is 0 Å². The van der Waals surface area contributed by atoms with Gasteiger partial charge in [0, 0.05) is 25.0 Å². The summed E-state index contributed by atoms with van der Waals surface area (Å²) in [4.78, 5) is 23.4. The van der Waals surface area contributed by atoms with Crippen LogP contribution >= 0.6 is 0 Å². The van der Waals surface area contributed by atoms with Crippen LogP contribution in [0.5, 0.6) is 0 Å². The van der Waals surface area contributed by atoms with Crippen molar-refractivity contribution in [1.82, 2.24) is 16.0 Å². The molecule has 1 saturated carbocycles. The Balaban J connectivity index is 2.04. The molecule has 0 heterocycles. The average molecular weight is 297 g/mol. The van der Waals surface area contributed by atoms with Gasteiger partial charge in [0.2, 0.25) is 5.91 Å². The van der Waals surface area contributed by atoms with Crippen molar-refractivity contribution in [3.63, 3.8) is 0 Å². The number of rotatable bonds is 7. The molecule has 0 spiro atoms. The van der Waals surface area contributed by atoms with Crippen LogP contribution in [0.15, 0.2) is 0 Å². The summed E-state index contributed by atoms with van der Waals surface area (Å²) in [6, 6.07) is 0.423. The third kappa shape index (κ3) is 7.93. The molecule has 1 atom stereocenters. The van der Waals surface area contributed by atoms with E-state index in [2.05, 4.69) is 29.8 Å². The predicted molar refractivity (Wildman–Crippen MR) is 85.1 cm³/mol. The molecule has 0 bridgehead atoms. The van der Waals surface area contributed by atoms with Crippen LogP contribution in [0.25, 0.3) is 0 Å². The molecular weight excluding hydrogens is 266 g/mol. The van der Waals surface area contributed by atoms with E-state index in [1.54, 1.807) is 0 Å². The van der Waals surface area contributed by atoms with Crippen molar-refractivity contribution in [3.05, 3.63) is 0 Å². The Morgan fingerprint density at radius 1 is 1.10 bits per heavy atom. The largest absolute Gasteiger partial charge is 0.353 e. The molecular formula is C16H31N3O2. The smallest absolute Gasteiger partial charge is 0.315 e.